The van der Waals surface area contributed by atoms with Gasteiger partial charge in [-0.1, -0.05) is 0 Å². The maximum absolute atomic E-state index is 9.13. The highest BCUT2D eigenvalue weighted by Gasteiger charge is 2.29. The maximum atomic E-state index is 9.13. The number of rotatable bonds is 3. The zero-order valence-corrected chi connectivity index (χ0v) is 10.5. The third-order valence-corrected chi connectivity index (χ3v) is 3.45. The van der Waals surface area contributed by atoms with Crippen molar-refractivity contribution in [2.24, 2.45) is 5.73 Å². The Kier molecular flexibility index (Phi) is 4.13. The van der Waals surface area contributed by atoms with E-state index in [-0.39, 0.29) is 12.1 Å². The van der Waals surface area contributed by atoms with Crippen molar-refractivity contribution in [3.8, 4) is 6.07 Å². The Balaban J connectivity index is 2.24. The van der Waals surface area contributed by atoms with E-state index >= 15 is 0 Å². The quantitative estimate of drug-likeness (QED) is 0.857. The van der Waals surface area contributed by atoms with Gasteiger partial charge in [-0.05, 0) is 25.0 Å². The number of hydrogen-bond donors (Lipinski definition) is 1. The summed E-state index contributed by atoms with van der Waals surface area (Å²) in [5, 5.41) is 9.13. The van der Waals surface area contributed by atoms with Gasteiger partial charge in [-0.15, -0.1) is 0 Å². The average molecular weight is 246 g/mol. The molecule has 1 fully saturated rings. The van der Waals surface area contributed by atoms with Gasteiger partial charge in [-0.3, -0.25) is 0 Å². The van der Waals surface area contributed by atoms with Crippen LogP contribution in [0.15, 0.2) is 18.3 Å². The number of nitrogens with two attached hydrogens (primary N) is 1. The van der Waals surface area contributed by atoms with Crippen LogP contribution in [0.1, 0.15) is 18.4 Å². The minimum Gasteiger partial charge on any atom is -0.381 e. The molecular weight excluding hydrogens is 228 g/mol. The Morgan fingerprint density at radius 3 is 3.17 bits per heavy atom. The van der Waals surface area contributed by atoms with Crippen LogP contribution < -0.4 is 10.6 Å². The lowest BCUT2D eigenvalue weighted by Crippen LogP contribution is -2.49. The minimum absolute atomic E-state index is 0.186. The van der Waals surface area contributed by atoms with Crippen molar-refractivity contribution in [1.29, 1.82) is 5.26 Å². The van der Waals surface area contributed by atoms with E-state index < -0.39 is 0 Å². The van der Waals surface area contributed by atoms with Crippen molar-refractivity contribution in [3.05, 3.63) is 23.9 Å². The van der Waals surface area contributed by atoms with E-state index in [9.17, 15) is 0 Å². The van der Waals surface area contributed by atoms with Gasteiger partial charge in [0, 0.05) is 32.4 Å². The van der Waals surface area contributed by atoms with Crippen LogP contribution in [-0.4, -0.2) is 37.3 Å². The van der Waals surface area contributed by atoms with E-state index in [0.29, 0.717) is 12.1 Å². The second-order valence-corrected chi connectivity index (χ2v) is 4.45. The Labute approximate surface area is 107 Å². The van der Waals surface area contributed by atoms with Crippen LogP contribution in [0.25, 0.3) is 0 Å². The number of aromatic nitrogens is 1. The summed E-state index contributed by atoms with van der Waals surface area (Å²) in [4.78, 5) is 6.46. The molecule has 1 saturated heterocycles. The van der Waals surface area contributed by atoms with Gasteiger partial charge in [0.15, 0.2) is 0 Å². The second kappa shape index (κ2) is 5.80. The molecule has 18 heavy (non-hydrogen) atoms. The summed E-state index contributed by atoms with van der Waals surface area (Å²) in [6, 6.07) is 5.94. The molecule has 96 valence electrons. The molecule has 1 aliphatic rings. The van der Waals surface area contributed by atoms with Crippen molar-refractivity contribution < 1.29 is 4.74 Å². The number of nitriles is 1. The highest BCUT2D eigenvalue weighted by Crippen LogP contribution is 2.26. The predicted molar refractivity (Wildman–Crippen MR) is 69.2 cm³/mol. The van der Waals surface area contributed by atoms with Crippen molar-refractivity contribution in [2.45, 2.75) is 25.0 Å². The molecular formula is C13H18N4O. The molecule has 5 nitrogen and oxygen atoms in total. The van der Waals surface area contributed by atoms with Gasteiger partial charge < -0.3 is 15.4 Å². The molecule has 0 spiro atoms. The van der Waals surface area contributed by atoms with E-state index in [1.165, 1.54) is 0 Å². The van der Waals surface area contributed by atoms with Crippen LogP contribution in [0.5, 0.6) is 0 Å². The van der Waals surface area contributed by atoms with Crippen LogP contribution in [0.3, 0.4) is 0 Å². The van der Waals surface area contributed by atoms with Crippen LogP contribution >= 0.6 is 0 Å². The fourth-order valence-corrected chi connectivity index (χ4v) is 2.44. The first kappa shape index (κ1) is 12.8. The number of pyridine rings is 1. The molecule has 2 unspecified atom stereocenters. The molecule has 0 bridgehead atoms. The minimum atomic E-state index is 0.186. The average Bonchev–Trinajstić information content (AvgIpc) is 2.46. The van der Waals surface area contributed by atoms with Crippen molar-refractivity contribution in [3.63, 3.8) is 0 Å². The first-order chi connectivity index (χ1) is 8.80. The normalized spacial score (nSPS) is 23.7. The Bertz CT molecular complexity index is 443. The lowest BCUT2D eigenvalue weighted by molar-refractivity contribution is 0.0708. The van der Waals surface area contributed by atoms with Gasteiger partial charge in [0.1, 0.15) is 11.9 Å². The number of piperidine rings is 1. The fourth-order valence-electron chi connectivity index (χ4n) is 2.44. The van der Waals surface area contributed by atoms with Crippen LogP contribution in [0.2, 0.25) is 0 Å². The number of methoxy groups -OCH3 is 1. The molecule has 2 rings (SSSR count). The van der Waals surface area contributed by atoms with E-state index in [0.717, 1.165) is 25.2 Å². The maximum Gasteiger partial charge on any atom is 0.146 e. The zero-order chi connectivity index (χ0) is 13.0. The standard InChI is InChI=1S/C13H18N4O/c1-18-12-4-6-17(11(7-12)9-15)13-10(8-14)3-2-5-16-13/h2-3,5,11-12H,4,6-7,9,15H2,1H3. The molecule has 5 heteroatoms. The Hall–Kier alpha value is -1.64. The van der Waals surface area contributed by atoms with Crippen LogP contribution in [-0.2, 0) is 4.74 Å². The van der Waals surface area contributed by atoms with Crippen LogP contribution in [0, 0.1) is 11.3 Å². The number of ether oxygens (including phenoxy) is 1. The molecule has 1 aromatic heterocycles. The molecule has 1 aromatic rings. The van der Waals surface area contributed by atoms with E-state index in [2.05, 4.69) is 16.0 Å². The molecule has 0 amide bonds. The first-order valence-electron chi connectivity index (χ1n) is 6.14. The van der Waals surface area contributed by atoms with Gasteiger partial charge >= 0.3 is 0 Å². The third kappa shape index (κ3) is 2.45. The van der Waals surface area contributed by atoms with Gasteiger partial charge in [0.2, 0.25) is 0 Å². The lowest BCUT2D eigenvalue weighted by atomic mass is 9.98. The number of nitrogens with zero attached hydrogens (tertiary/aromatic N) is 3. The third-order valence-electron chi connectivity index (χ3n) is 3.45. The molecule has 2 N–H and O–H groups in total. The van der Waals surface area contributed by atoms with Gasteiger partial charge in [0.05, 0.1) is 11.7 Å². The monoisotopic (exact) mass is 246 g/mol. The molecule has 0 aromatic carbocycles. The zero-order valence-electron chi connectivity index (χ0n) is 10.5. The van der Waals surface area contributed by atoms with E-state index in [1.54, 1.807) is 25.4 Å². The number of anilines is 1. The van der Waals surface area contributed by atoms with Crippen LogP contribution in [0.4, 0.5) is 5.82 Å². The Morgan fingerprint density at radius 2 is 2.50 bits per heavy atom. The first-order valence-corrected chi connectivity index (χ1v) is 6.14. The highest BCUT2D eigenvalue weighted by atomic mass is 16.5. The predicted octanol–water partition coefficient (Wildman–Crippen LogP) is 0.896. The molecule has 2 heterocycles. The molecule has 0 aliphatic carbocycles. The highest BCUT2D eigenvalue weighted by molar-refractivity contribution is 5.54. The molecule has 0 saturated carbocycles. The fraction of sp³-hybridized carbons (Fsp3) is 0.538. The summed E-state index contributed by atoms with van der Waals surface area (Å²) < 4.78 is 5.40. The van der Waals surface area contributed by atoms with Crippen molar-refractivity contribution in [1.82, 2.24) is 4.98 Å². The van der Waals surface area contributed by atoms with Gasteiger partial charge in [0.25, 0.3) is 0 Å². The SMILES string of the molecule is COC1CCN(c2ncccc2C#N)C(CN)C1. The largest absolute Gasteiger partial charge is 0.381 e. The van der Waals surface area contributed by atoms with E-state index in [4.69, 9.17) is 15.7 Å². The molecule has 1 aliphatic heterocycles. The summed E-state index contributed by atoms with van der Waals surface area (Å²) >= 11 is 0. The Morgan fingerprint density at radius 1 is 1.67 bits per heavy atom. The van der Waals surface area contributed by atoms with Gasteiger partial charge in [-0.25, -0.2) is 4.98 Å². The molecule has 2 atom stereocenters. The van der Waals surface area contributed by atoms with E-state index in [1.807, 2.05) is 0 Å². The lowest BCUT2D eigenvalue weighted by Gasteiger charge is -2.39. The summed E-state index contributed by atoms with van der Waals surface area (Å²) in [7, 11) is 1.73. The summed E-state index contributed by atoms with van der Waals surface area (Å²) in [5.74, 6) is 0.741. The van der Waals surface area contributed by atoms with Gasteiger partial charge in [-0.2, -0.15) is 5.26 Å². The number of hydrogen-bond acceptors (Lipinski definition) is 5. The summed E-state index contributed by atoms with van der Waals surface area (Å²) in [5.41, 5.74) is 6.44. The topological polar surface area (TPSA) is 75.2 Å². The smallest absolute Gasteiger partial charge is 0.146 e. The summed E-state index contributed by atoms with van der Waals surface area (Å²) in [6.07, 6.45) is 3.79. The second-order valence-electron chi connectivity index (χ2n) is 4.45. The summed E-state index contributed by atoms with van der Waals surface area (Å²) in [6.45, 7) is 1.37. The molecule has 0 radical (unpaired) electrons. The van der Waals surface area contributed by atoms with Crippen molar-refractivity contribution >= 4 is 5.82 Å². The van der Waals surface area contributed by atoms with Crippen molar-refractivity contribution in [2.75, 3.05) is 25.1 Å².